The van der Waals surface area contributed by atoms with E-state index in [9.17, 15) is 13.2 Å². The van der Waals surface area contributed by atoms with Gasteiger partial charge in [0.25, 0.3) is 0 Å². The van der Waals surface area contributed by atoms with E-state index in [2.05, 4.69) is 34.1 Å². The van der Waals surface area contributed by atoms with Crippen molar-refractivity contribution in [2.45, 2.75) is 39.4 Å². The first-order valence-corrected chi connectivity index (χ1v) is 11.3. The minimum Gasteiger partial charge on any atom is -0.245 e. The third-order valence-electron chi connectivity index (χ3n) is 5.76. The molecule has 0 atom stereocenters. The first-order valence-electron chi connectivity index (χ1n) is 11.3. The number of aromatic nitrogens is 8. The molecule has 0 aliphatic carbocycles. The fourth-order valence-corrected chi connectivity index (χ4v) is 3.89. The normalized spacial score (nSPS) is 12.0. The zero-order chi connectivity index (χ0) is 25.4. The van der Waals surface area contributed by atoms with Crippen LogP contribution in [0.1, 0.15) is 42.4 Å². The fraction of sp³-hybridized carbons (Fsp3) is 0.240. The lowest BCUT2D eigenvalue weighted by Gasteiger charge is -2.10. The highest BCUT2D eigenvalue weighted by Crippen LogP contribution is 2.31. The molecule has 11 heteroatoms. The summed E-state index contributed by atoms with van der Waals surface area (Å²) in [6, 6.07) is 14.9. The molecule has 0 unspecified atom stereocenters. The fourth-order valence-electron chi connectivity index (χ4n) is 3.89. The largest absolute Gasteiger partial charge is 0.416 e. The molecule has 0 N–H and O–H groups in total. The molecule has 5 aromatic rings. The molecule has 8 nitrogen and oxygen atoms in total. The Kier molecular flexibility index (Phi) is 5.91. The Morgan fingerprint density at radius 3 is 2.36 bits per heavy atom. The topological polar surface area (TPSA) is 79.2 Å². The highest BCUT2D eigenvalue weighted by atomic mass is 19.4. The second-order valence-electron chi connectivity index (χ2n) is 8.73. The van der Waals surface area contributed by atoms with E-state index in [-0.39, 0.29) is 0 Å². The maximum Gasteiger partial charge on any atom is 0.416 e. The van der Waals surface area contributed by atoms with Gasteiger partial charge in [0.1, 0.15) is 24.9 Å². The van der Waals surface area contributed by atoms with Gasteiger partial charge in [0.2, 0.25) is 0 Å². The van der Waals surface area contributed by atoms with Crippen molar-refractivity contribution >= 4 is 0 Å². The van der Waals surface area contributed by atoms with Crippen molar-refractivity contribution < 1.29 is 13.2 Å². The molecule has 0 aliphatic rings. The Morgan fingerprint density at radius 1 is 0.917 bits per heavy atom. The van der Waals surface area contributed by atoms with E-state index in [1.165, 1.54) is 22.6 Å². The quantitative estimate of drug-likeness (QED) is 0.325. The van der Waals surface area contributed by atoms with Gasteiger partial charge in [-0.05, 0) is 54.8 Å². The van der Waals surface area contributed by atoms with E-state index in [0.29, 0.717) is 41.2 Å². The Morgan fingerprint density at radius 2 is 1.69 bits per heavy atom. The Bertz CT molecular complexity index is 1480. The van der Waals surface area contributed by atoms with E-state index in [1.807, 2.05) is 24.3 Å². The summed E-state index contributed by atoms with van der Waals surface area (Å²) in [5.74, 6) is 1.34. The van der Waals surface area contributed by atoms with Crippen LogP contribution in [0.15, 0.2) is 67.3 Å². The molecule has 2 aromatic carbocycles. The van der Waals surface area contributed by atoms with Crippen LogP contribution < -0.4 is 0 Å². The van der Waals surface area contributed by atoms with E-state index < -0.39 is 11.7 Å². The van der Waals surface area contributed by atoms with Crippen LogP contribution in [-0.2, 0) is 12.7 Å². The minimum absolute atomic E-state index is 0.303. The third kappa shape index (κ3) is 4.64. The molecule has 36 heavy (non-hydrogen) atoms. The number of halogens is 3. The summed E-state index contributed by atoms with van der Waals surface area (Å²) < 4.78 is 44.6. The lowest BCUT2D eigenvalue weighted by Crippen LogP contribution is -2.07. The van der Waals surface area contributed by atoms with Gasteiger partial charge in [-0.2, -0.15) is 23.4 Å². The SMILES string of the molecule is Cc1cc(-c2nc(Cn3cncn3)nn2-c2ccc(C(C)C)cc2)nn1-c1cccc(C(F)(F)F)c1. The molecule has 0 radical (unpaired) electrons. The van der Waals surface area contributed by atoms with Gasteiger partial charge < -0.3 is 0 Å². The van der Waals surface area contributed by atoms with Crippen LogP contribution in [0.2, 0.25) is 0 Å². The molecule has 0 bridgehead atoms. The second-order valence-corrected chi connectivity index (χ2v) is 8.73. The average molecular weight is 493 g/mol. The number of hydrogen-bond acceptors (Lipinski definition) is 5. The molecule has 0 spiro atoms. The number of nitrogens with zero attached hydrogens (tertiary/aromatic N) is 8. The summed E-state index contributed by atoms with van der Waals surface area (Å²) in [7, 11) is 0. The first-order chi connectivity index (χ1) is 17.2. The average Bonchev–Trinajstić information content (AvgIpc) is 3.59. The number of hydrogen-bond donors (Lipinski definition) is 0. The van der Waals surface area contributed by atoms with E-state index in [1.54, 1.807) is 34.7 Å². The van der Waals surface area contributed by atoms with Crippen molar-refractivity contribution in [3.8, 4) is 22.9 Å². The van der Waals surface area contributed by atoms with Crippen LogP contribution in [0.4, 0.5) is 13.2 Å². The van der Waals surface area contributed by atoms with Crippen molar-refractivity contribution in [3.63, 3.8) is 0 Å². The summed E-state index contributed by atoms with van der Waals surface area (Å²) in [5, 5.41) is 13.4. The molecule has 0 amide bonds. The van der Waals surface area contributed by atoms with Gasteiger partial charge in [-0.1, -0.05) is 32.0 Å². The number of rotatable bonds is 6. The maximum atomic E-state index is 13.3. The van der Waals surface area contributed by atoms with E-state index in [0.717, 1.165) is 17.8 Å². The van der Waals surface area contributed by atoms with Gasteiger partial charge in [0, 0.05) is 5.69 Å². The molecule has 3 aromatic heterocycles. The van der Waals surface area contributed by atoms with Crippen molar-refractivity contribution in [3.05, 3.63) is 89.9 Å². The van der Waals surface area contributed by atoms with Gasteiger partial charge in [0.05, 0.1) is 16.9 Å². The van der Waals surface area contributed by atoms with Crippen LogP contribution in [0.3, 0.4) is 0 Å². The van der Waals surface area contributed by atoms with Gasteiger partial charge in [-0.25, -0.2) is 24.0 Å². The van der Waals surface area contributed by atoms with Gasteiger partial charge >= 0.3 is 6.18 Å². The van der Waals surface area contributed by atoms with Gasteiger partial charge in [0.15, 0.2) is 11.6 Å². The van der Waals surface area contributed by atoms with Crippen LogP contribution in [0, 0.1) is 6.92 Å². The monoisotopic (exact) mass is 492 g/mol. The Balaban J connectivity index is 1.59. The minimum atomic E-state index is -4.45. The zero-order valence-electron chi connectivity index (χ0n) is 19.8. The summed E-state index contributed by atoms with van der Waals surface area (Å²) in [6.45, 7) is 6.33. The molecular weight excluding hydrogens is 469 g/mol. The molecule has 0 fully saturated rings. The lowest BCUT2D eigenvalue weighted by atomic mass is 10.0. The molecule has 0 saturated heterocycles. The molecule has 3 heterocycles. The molecule has 0 aliphatic heterocycles. The van der Waals surface area contributed by atoms with Crippen LogP contribution in [-0.4, -0.2) is 39.3 Å². The predicted molar refractivity (Wildman–Crippen MR) is 127 cm³/mol. The zero-order valence-corrected chi connectivity index (χ0v) is 19.8. The predicted octanol–water partition coefficient (Wildman–Crippen LogP) is 5.21. The molecule has 5 rings (SSSR count). The summed E-state index contributed by atoms with van der Waals surface area (Å²) >= 11 is 0. The van der Waals surface area contributed by atoms with Crippen LogP contribution in [0.5, 0.6) is 0 Å². The summed E-state index contributed by atoms with van der Waals surface area (Å²) in [5.41, 5.74) is 2.69. The molecule has 184 valence electrons. The maximum absolute atomic E-state index is 13.3. The van der Waals surface area contributed by atoms with E-state index in [4.69, 9.17) is 4.98 Å². The first kappa shape index (κ1) is 23.5. The lowest BCUT2D eigenvalue weighted by molar-refractivity contribution is -0.137. The van der Waals surface area contributed by atoms with Crippen LogP contribution in [0.25, 0.3) is 22.9 Å². The Labute approximate surface area is 205 Å². The molecular formula is C25H23F3N8. The van der Waals surface area contributed by atoms with Crippen molar-refractivity contribution in [2.24, 2.45) is 0 Å². The van der Waals surface area contributed by atoms with Crippen molar-refractivity contribution in [2.75, 3.05) is 0 Å². The van der Waals surface area contributed by atoms with E-state index >= 15 is 0 Å². The standard InChI is InChI=1S/C25H23F3N8/c1-16(2)18-7-9-20(10-8-18)36-24(31-23(33-36)13-34-15-29-14-30-34)22-11-17(3)35(32-22)21-6-4-5-19(12-21)25(26,27)28/h4-12,14-16H,13H2,1-3H3. The van der Waals surface area contributed by atoms with Crippen molar-refractivity contribution in [1.29, 1.82) is 0 Å². The molecule has 0 saturated carbocycles. The Hall–Kier alpha value is -4.28. The van der Waals surface area contributed by atoms with Crippen molar-refractivity contribution in [1.82, 2.24) is 39.3 Å². The third-order valence-corrected chi connectivity index (χ3v) is 5.76. The van der Waals surface area contributed by atoms with Gasteiger partial charge in [-0.3, -0.25) is 0 Å². The highest BCUT2D eigenvalue weighted by Gasteiger charge is 2.30. The summed E-state index contributed by atoms with van der Waals surface area (Å²) in [4.78, 5) is 8.66. The second kappa shape index (κ2) is 9.06. The van der Waals surface area contributed by atoms with Crippen LogP contribution >= 0.6 is 0 Å². The highest BCUT2D eigenvalue weighted by molar-refractivity contribution is 5.55. The van der Waals surface area contributed by atoms with Gasteiger partial charge in [-0.15, -0.1) is 5.10 Å². The smallest absolute Gasteiger partial charge is 0.245 e. The number of aryl methyl sites for hydroxylation is 1. The summed E-state index contributed by atoms with van der Waals surface area (Å²) in [6.07, 6.45) is -1.44. The number of alkyl halides is 3. The number of benzene rings is 2.